The van der Waals surface area contributed by atoms with E-state index in [0.717, 1.165) is 5.39 Å². The highest BCUT2D eigenvalue weighted by Gasteiger charge is 2.22. The Balaban J connectivity index is 2.05. The van der Waals surface area contributed by atoms with E-state index in [0.29, 0.717) is 33.2 Å². The fourth-order valence-electron chi connectivity index (χ4n) is 3.04. The normalized spacial score (nSPS) is 11.2. The van der Waals surface area contributed by atoms with Gasteiger partial charge in [-0.2, -0.15) is 0 Å². The minimum absolute atomic E-state index is 0.100. The summed E-state index contributed by atoms with van der Waals surface area (Å²) >= 11 is 0. The number of hydrogen-bond donors (Lipinski definition) is 1. The van der Waals surface area contributed by atoms with E-state index in [1.54, 1.807) is 25.1 Å². The molecule has 0 spiro atoms. The van der Waals surface area contributed by atoms with Crippen LogP contribution < -0.4 is 0 Å². The van der Waals surface area contributed by atoms with Gasteiger partial charge >= 0.3 is 0 Å². The van der Waals surface area contributed by atoms with Crippen LogP contribution in [0.25, 0.3) is 21.7 Å². The Morgan fingerprint density at radius 2 is 1.57 bits per heavy atom. The van der Waals surface area contributed by atoms with E-state index in [1.807, 2.05) is 42.5 Å². The Kier molecular flexibility index (Phi) is 2.95. The van der Waals surface area contributed by atoms with Crippen molar-refractivity contribution in [3.63, 3.8) is 0 Å². The van der Waals surface area contributed by atoms with Crippen LogP contribution in [0.15, 0.2) is 65.1 Å². The molecule has 1 aromatic heterocycles. The topological polar surface area (TPSA) is 50.4 Å². The van der Waals surface area contributed by atoms with Crippen molar-refractivity contribution in [1.82, 2.24) is 0 Å². The molecule has 0 fully saturated rings. The molecule has 0 aliphatic carbocycles. The highest BCUT2D eigenvalue weighted by molar-refractivity contribution is 6.20. The van der Waals surface area contributed by atoms with Crippen molar-refractivity contribution in [3.8, 4) is 5.75 Å². The molecule has 0 aliphatic rings. The lowest BCUT2D eigenvalue weighted by Crippen LogP contribution is -2.01. The second-order valence-electron chi connectivity index (χ2n) is 5.55. The number of carbonyl (C=O) groups excluding carboxylic acids is 1. The van der Waals surface area contributed by atoms with Gasteiger partial charge in [0.15, 0.2) is 5.78 Å². The van der Waals surface area contributed by atoms with Crippen LogP contribution in [0.3, 0.4) is 0 Å². The lowest BCUT2D eigenvalue weighted by molar-refractivity contribution is 0.103. The molecule has 0 amide bonds. The van der Waals surface area contributed by atoms with Crippen LogP contribution in [0.5, 0.6) is 5.75 Å². The molecule has 0 saturated carbocycles. The first-order valence-electron chi connectivity index (χ1n) is 7.40. The minimum atomic E-state index is -0.100. The highest BCUT2D eigenvalue weighted by atomic mass is 16.3. The van der Waals surface area contributed by atoms with Gasteiger partial charge < -0.3 is 9.52 Å². The van der Waals surface area contributed by atoms with Gasteiger partial charge in [-0.3, -0.25) is 4.79 Å². The molecule has 3 aromatic carbocycles. The molecule has 0 aliphatic heterocycles. The van der Waals surface area contributed by atoms with Gasteiger partial charge in [-0.05, 0) is 13.0 Å². The number of hydrogen-bond acceptors (Lipinski definition) is 3. The van der Waals surface area contributed by atoms with Crippen molar-refractivity contribution in [3.05, 3.63) is 77.6 Å². The summed E-state index contributed by atoms with van der Waals surface area (Å²) in [5.74, 6) is 0.608. The fourth-order valence-corrected chi connectivity index (χ4v) is 3.04. The molecular formula is C20H14O3. The maximum Gasteiger partial charge on any atom is 0.197 e. The van der Waals surface area contributed by atoms with Crippen LogP contribution in [0.4, 0.5) is 0 Å². The molecule has 3 heteroatoms. The Morgan fingerprint density at radius 3 is 2.30 bits per heavy atom. The first-order chi connectivity index (χ1) is 11.2. The van der Waals surface area contributed by atoms with Gasteiger partial charge in [0, 0.05) is 21.7 Å². The standard InChI is InChI=1S/C20H14O3/c1-12-18(19(22)13-7-3-2-4-8-13)16-11-17(21)14-9-5-6-10-15(14)20(16)23-12/h2-11,21H,1H3. The molecule has 112 valence electrons. The Morgan fingerprint density at radius 1 is 0.913 bits per heavy atom. The average molecular weight is 302 g/mol. The molecular weight excluding hydrogens is 288 g/mol. The Bertz CT molecular complexity index is 1040. The maximum atomic E-state index is 12.8. The van der Waals surface area contributed by atoms with E-state index in [4.69, 9.17) is 4.42 Å². The number of benzene rings is 3. The van der Waals surface area contributed by atoms with Gasteiger partial charge in [0.25, 0.3) is 0 Å². The van der Waals surface area contributed by atoms with E-state index in [2.05, 4.69) is 0 Å². The Hall–Kier alpha value is -3.07. The number of phenols is 1. The smallest absolute Gasteiger partial charge is 0.197 e. The Labute approximate surface area is 132 Å². The van der Waals surface area contributed by atoms with E-state index >= 15 is 0 Å². The third-order valence-corrected chi connectivity index (χ3v) is 4.11. The van der Waals surface area contributed by atoms with Crippen LogP contribution in [-0.2, 0) is 0 Å². The largest absolute Gasteiger partial charge is 0.507 e. The fraction of sp³-hybridized carbons (Fsp3) is 0.0500. The number of carbonyl (C=O) groups is 1. The number of rotatable bonds is 2. The number of phenolic OH excluding ortho intramolecular Hbond substituents is 1. The number of aryl methyl sites for hydroxylation is 1. The lowest BCUT2D eigenvalue weighted by Gasteiger charge is -2.03. The van der Waals surface area contributed by atoms with Crippen LogP contribution in [0.2, 0.25) is 0 Å². The number of furan rings is 1. The molecule has 23 heavy (non-hydrogen) atoms. The molecule has 0 atom stereocenters. The van der Waals surface area contributed by atoms with Gasteiger partial charge in [0.1, 0.15) is 17.1 Å². The van der Waals surface area contributed by atoms with Crippen LogP contribution in [0, 0.1) is 6.92 Å². The van der Waals surface area contributed by atoms with Crippen molar-refractivity contribution in [2.75, 3.05) is 0 Å². The summed E-state index contributed by atoms with van der Waals surface area (Å²) < 4.78 is 5.88. The predicted octanol–water partition coefficient (Wildman–Crippen LogP) is 4.83. The van der Waals surface area contributed by atoms with Gasteiger partial charge in [-0.15, -0.1) is 0 Å². The van der Waals surface area contributed by atoms with Gasteiger partial charge in [0.05, 0.1) is 5.56 Å². The van der Waals surface area contributed by atoms with Crippen molar-refractivity contribution in [1.29, 1.82) is 0 Å². The zero-order chi connectivity index (χ0) is 16.0. The summed E-state index contributed by atoms with van der Waals surface area (Å²) in [6.07, 6.45) is 0. The molecule has 0 saturated heterocycles. The lowest BCUT2D eigenvalue weighted by atomic mass is 9.98. The summed E-state index contributed by atoms with van der Waals surface area (Å²) in [5, 5.41) is 12.5. The van der Waals surface area contributed by atoms with Gasteiger partial charge in [-0.1, -0.05) is 54.6 Å². The van der Waals surface area contributed by atoms with E-state index in [9.17, 15) is 9.90 Å². The first kappa shape index (κ1) is 13.6. The summed E-state index contributed by atoms with van der Waals surface area (Å²) in [4.78, 5) is 12.8. The second-order valence-corrected chi connectivity index (χ2v) is 5.55. The van der Waals surface area contributed by atoms with Crippen molar-refractivity contribution in [2.24, 2.45) is 0 Å². The van der Waals surface area contributed by atoms with Crippen molar-refractivity contribution in [2.45, 2.75) is 6.92 Å². The van der Waals surface area contributed by atoms with Gasteiger partial charge in [-0.25, -0.2) is 0 Å². The zero-order valence-electron chi connectivity index (χ0n) is 12.5. The minimum Gasteiger partial charge on any atom is -0.507 e. The van der Waals surface area contributed by atoms with Crippen LogP contribution >= 0.6 is 0 Å². The third-order valence-electron chi connectivity index (χ3n) is 4.11. The molecule has 0 radical (unpaired) electrons. The van der Waals surface area contributed by atoms with Crippen molar-refractivity contribution < 1.29 is 14.3 Å². The molecule has 0 unspecified atom stereocenters. The van der Waals surface area contributed by atoms with E-state index < -0.39 is 0 Å². The monoisotopic (exact) mass is 302 g/mol. The SMILES string of the molecule is Cc1oc2c(cc(O)c3ccccc32)c1C(=O)c1ccccc1. The average Bonchev–Trinajstić information content (AvgIpc) is 2.91. The molecule has 1 N–H and O–H groups in total. The van der Waals surface area contributed by atoms with Crippen molar-refractivity contribution >= 4 is 27.5 Å². The van der Waals surface area contributed by atoms with E-state index in [1.165, 1.54) is 0 Å². The molecule has 4 rings (SSSR count). The van der Waals surface area contributed by atoms with Crippen LogP contribution in [0.1, 0.15) is 21.7 Å². The van der Waals surface area contributed by atoms with Crippen LogP contribution in [-0.4, -0.2) is 10.9 Å². The van der Waals surface area contributed by atoms with E-state index in [-0.39, 0.29) is 11.5 Å². The molecule has 3 nitrogen and oxygen atoms in total. The number of ketones is 1. The number of fused-ring (bicyclic) bond motifs is 3. The first-order valence-corrected chi connectivity index (χ1v) is 7.40. The maximum absolute atomic E-state index is 12.8. The van der Waals surface area contributed by atoms with Gasteiger partial charge in [0.2, 0.25) is 0 Å². The molecule has 1 heterocycles. The summed E-state index contributed by atoms with van der Waals surface area (Å²) in [6, 6.07) is 18.2. The molecule has 4 aromatic rings. The third kappa shape index (κ3) is 2.01. The zero-order valence-corrected chi connectivity index (χ0v) is 12.5. The summed E-state index contributed by atoms with van der Waals surface area (Å²) in [6.45, 7) is 1.78. The number of aromatic hydroxyl groups is 1. The molecule has 0 bridgehead atoms. The summed E-state index contributed by atoms with van der Waals surface area (Å²) in [5.41, 5.74) is 1.74. The quantitative estimate of drug-likeness (QED) is 0.539. The predicted molar refractivity (Wildman–Crippen MR) is 90.0 cm³/mol. The highest BCUT2D eigenvalue weighted by Crippen LogP contribution is 2.37. The summed E-state index contributed by atoms with van der Waals surface area (Å²) in [7, 11) is 0. The second kappa shape index (κ2) is 4.99.